The van der Waals surface area contributed by atoms with E-state index in [-0.39, 0.29) is 5.92 Å². The van der Waals surface area contributed by atoms with Gasteiger partial charge in [-0.15, -0.1) is 0 Å². The van der Waals surface area contributed by atoms with Gasteiger partial charge in [-0.3, -0.25) is 4.57 Å². The molecule has 0 spiro atoms. The monoisotopic (exact) mass is 565 g/mol. The van der Waals surface area contributed by atoms with Crippen LogP contribution in [0.4, 0.5) is 0 Å². The predicted molar refractivity (Wildman–Crippen MR) is 171 cm³/mol. The molecule has 8 aromatic rings. The van der Waals surface area contributed by atoms with E-state index in [9.17, 15) is 0 Å². The van der Waals surface area contributed by atoms with Gasteiger partial charge in [0.15, 0.2) is 0 Å². The minimum absolute atomic E-state index is 0.0161. The van der Waals surface area contributed by atoms with Crippen molar-refractivity contribution in [3.05, 3.63) is 151 Å². The minimum Gasteiger partial charge on any atom is -0.278 e. The summed E-state index contributed by atoms with van der Waals surface area (Å²) in [4.78, 5) is 26.0. The normalized spacial score (nSPS) is 13.7. The zero-order chi connectivity index (χ0) is 29.0. The second-order valence-electron chi connectivity index (χ2n) is 10.9. The van der Waals surface area contributed by atoms with Crippen LogP contribution in [0.15, 0.2) is 135 Å². The Labute approximate surface area is 252 Å². The SMILES string of the molecule is c1ccc(-c2ccc3c(c2)c2ccccc2n3-c2ncncn2)c(-c2ccc3c(c2)-c2ccccc2C3c2ncncn2)c1. The van der Waals surface area contributed by atoms with Crippen molar-refractivity contribution in [3.8, 4) is 39.3 Å². The highest BCUT2D eigenvalue weighted by Gasteiger charge is 2.32. The van der Waals surface area contributed by atoms with Gasteiger partial charge in [0.25, 0.3) is 0 Å². The molecule has 1 atom stereocenters. The lowest BCUT2D eigenvalue weighted by atomic mass is 9.90. The summed E-state index contributed by atoms with van der Waals surface area (Å²) in [6, 6.07) is 39.0. The molecule has 0 bridgehead atoms. The van der Waals surface area contributed by atoms with E-state index < -0.39 is 0 Å². The zero-order valence-corrected chi connectivity index (χ0v) is 23.4. The quantitative estimate of drug-likeness (QED) is 0.218. The van der Waals surface area contributed by atoms with Crippen molar-refractivity contribution in [3.63, 3.8) is 0 Å². The highest BCUT2D eigenvalue weighted by Crippen LogP contribution is 2.48. The smallest absolute Gasteiger partial charge is 0.237 e. The standard InChI is InChI=1S/C37H23N7/c1-2-8-26(24-14-16-34-32(18-24)28-10-5-6-12-33(28)44(34)37-42-21-39-22-43-37)25(7-1)23-13-15-30-31(17-23)27-9-3-4-11-29(27)35(30)36-40-19-38-20-41-36/h1-22,35H. The number of rotatable bonds is 4. The third-order valence-electron chi connectivity index (χ3n) is 8.60. The summed E-state index contributed by atoms with van der Waals surface area (Å²) in [6.45, 7) is 0. The fourth-order valence-electron chi connectivity index (χ4n) is 6.74. The van der Waals surface area contributed by atoms with E-state index in [1.807, 2.05) is 6.07 Å². The first-order valence-electron chi connectivity index (χ1n) is 14.5. The summed E-state index contributed by atoms with van der Waals surface area (Å²) in [5.41, 5.74) is 11.7. The van der Waals surface area contributed by atoms with Gasteiger partial charge in [-0.25, -0.2) is 29.9 Å². The van der Waals surface area contributed by atoms with Crippen LogP contribution < -0.4 is 0 Å². The molecule has 1 aliphatic carbocycles. The van der Waals surface area contributed by atoms with Crippen molar-refractivity contribution in [2.75, 3.05) is 0 Å². The first-order chi connectivity index (χ1) is 21.8. The van der Waals surface area contributed by atoms with Crippen LogP contribution in [0.3, 0.4) is 0 Å². The average Bonchev–Trinajstić information content (AvgIpc) is 3.61. The molecule has 1 unspecified atom stereocenters. The van der Waals surface area contributed by atoms with Crippen molar-refractivity contribution in [2.24, 2.45) is 0 Å². The van der Waals surface area contributed by atoms with Crippen LogP contribution in [-0.4, -0.2) is 34.5 Å². The maximum Gasteiger partial charge on any atom is 0.237 e. The fraction of sp³-hybridized carbons (Fsp3) is 0.0270. The summed E-state index contributed by atoms with van der Waals surface area (Å²) in [5, 5.41) is 2.30. The first kappa shape index (κ1) is 24.5. The van der Waals surface area contributed by atoms with Crippen LogP contribution in [0.1, 0.15) is 22.9 Å². The van der Waals surface area contributed by atoms with Crippen LogP contribution >= 0.6 is 0 Å². The Balaban J connectivity index is 1.21. The Bertz CT molecular complexity index is 2350. The molecule has 0 saturated heterocycles. The Kier molecular flexibility index (Phi) is 5.43. The summed E-state index contributed by atoms with van der Waals surface area (Å²) in [7, 11) is 0. The summed E-state index contributed by atoms with van der Waals surface area (Å²) < 4.78 is 2.10. The molecule has 0 radical (unpaired) electrons. The maximum absolute atomic E-state index is 4.53. The van der Waals surface area contributed by atoms with Gasteiger partial charge < -0.3 is 0 Å². The third-order valence-corrected chi connectivity index (χ3v) is 8.60. The molecule has 3 heterocycles. The van der Waals surface area contributed by atoms with Gasteiger partial charge >= 0.3 is 0 Å². The molecule has 0 aliphatic heterocycles. The van der Waals surface area contributed by atoms with Crippen molar-refractivity contribution < 1.29 is 0 Å². The molecular weight excluding hydrogens is 542 g/mol. The van der Waals surface area contributed by atoms with E-state index in [2.05, 4.69) is 138 Å². The molecule has 0 N–H and O–H groups in total. The largest absolute Gasteiger partial charge is 0.278 e. The van der Waals surface area contributed by atoms with Gasteiger partial charge in [-0.1, -0.05) is 84.9 Å². The zero-order valence-electron chi connectivity index (χ0n) is 23.4. The molecule has 0 saturated carbocycles. The Hall–Kier alpha value is -6.08. The summed E-state index contributed by atoms with van der Waals surface area (Å²) in [5.74, 6) is 1.36. The molecular formula is C37H23N7. The highest BCUT2D eigenvalue weighted by molar-refractivity contribution is 6.10. The van der Waals surface area contributed by atoms with Gasteiger partial charge in [0, 0.05) is 10.8 Å². The van der Waals surface area contributed by atoms with E-state index in [4.69, 9.17) is 0 Å². The van der Waals surface area contributed by atoms with E-state index >= 15 is 0 Å². The molecule has 0 fully saturated rings. The lowest BCUT2D eigenvalue weighted by Gasteiger charge is -2.14. The van der Waals surface area contributed by atoms with Crippen LogP contribution in [0.5, 0.6) is 0 Å². The molecule has 1 aliphatic rings. The molecule has 0 amide bonds. The maximum atomic E-state index is 4.53. The van der Waals surface area contributed by atoms with Crippen molar-refractivity contribution in [1.82, 2.24) is 34.5 Å². The van der Waals surface area contributed by atoms with E-state index in [0.29, 0.717) is 5.95 Å². The third kappa shape index (κ3) is 3.69. The lowest BCUT2D eigenvalue weighted by Crippen LogP contribution is -2.04. The van der Waals surface area contributed by atoms with Crippen LogP contribution in [0, 0.1) is 0 Å². The van der Waals surface area contributed by atoms with Crippen molar-refractivity contribution in [2.45, 2.75) is 5.92 Å². The highest BCUT2D eigenvalue weighted by atomic mass is 15.2. The van der Waals surface area contributed by atoms with Crippen molar-refractivity contribution >= 4 is 21.8 Å². The molecule has 206 valence electrons. The summed E-state index contributed by atoms with van der Waals surface area (Å²) in [6.07, 6.45) is 6.22. The van der Waals surface area contributed by atoms with Gasteiger partial charge in [0.1, 0.15) is 31.1 Å². The summed E-state index contributed by atoms with van der Waals surface area (Å²) >= 11 is 0. The Morgan fingerprint density at radius 1 is 0.455 bits per heavy atom. The van der Waals surface area contributed by atoms with Gasteiger partial charge in [0.2, 0.25) is 5.95 Å². The number of hydrogen-bond acceptors (Lipinski definition) is 6. The minimum atomic E-state index is -0.0161. The molecule has 44 heavy (non-hydrogen) atoms. The van der Waals surface area contributed by atoms with Crippen LogP contribution in [-0.2, 0) is 0 Å². The van der Waals surface area contributed by atoms with Crippen molar-refractivity contribution in [1.29, 1.82) is 0 Å². The molecule has 7 heteroatoms. The number of hydrogen-bond donors (Lipinski definition) is 0. The number of nitrogens with zero attached hydrogens (tertiary/aromatic N) is 7. The Morgan fingerprint density at radius 2 is 1.05 bits per heavy atom. The molecule has 3 aromatic heterocycles. The number of para-hydroxylation sites is 1. The van der Waals surface area contributed by atoms with E-state index in [0.717, 1.165) is 38.8 Å². The lowest BCUT2D eigenvalue weighted by molar-refractivity contribution is 0.845. The number of benzene rings is 5. The second kappa shape index (κ2) is 9.74. The Morgan fingerprint density at radius 3 is 1.84 bits per heavy atom. The fourth-order valence-corrected chi connectivity index (χ4v) is 6.74. The van der Waals surface area contributed by atoms with Gasteiger partial charge in [-0.2, -0.15) is 0 Å². The first-order valence-corrected chi connectivity index (χ1v) is 14.5. The number of aromatic nitrogens is 7. The predicted octanol–water partition coefficient (Wildman–Crippen LogP) is 7.65. The van der Waals surface area contributed by atoms with Crippen LogP contribution in [0.2, 0.25) is 0 Å². The number of fused-ring (bicyclic) bond motifs is 6. The van der Waals surface area contributed by atoms with E-state index in [1.54, 1.807) is 12.7 Å². The molecule has 7 nitrogen and oxygen atoms in total. The van der Waals surface area contributed by atoms with E-state index in [1.165, 1.54) is 46.0 Å². The van der Waals surface area contributed by atoms with Gasteiger partial charge in [0.05, 0.1) is 17.0 Å². The van der Waals surface area contributed by atoms with Crippen LogP contribution in [0.25, 0.3) is 61.1 Å². The average molecular weight is 566 g/mol. The molecule has 9 rings (SSSR count). The van der Waals surface area contributed by atoms with Gasteiger partial charge in [-0.05, 0) is 68.8 Å². The second-order valence-corrected chi connectivity index (χ2v) is 10.9. The molecule has 5 aromatic carbocycles. The topological polar surface area (TPSA) is 82.3 Å².